The average molecular weight is 374 g/mol. The SMILES string of the molecule is O=C(O)NC(C(=O)NCCOC(F)(F)F)c1cccc(C(F)(F)F)c1. The van der Waals surface area contributed by atoms with Crippen molar-refractivity contribution in [2.45, 2.75) is 18.6 Å². The third kappa shape index (κ3) is 7.28. The molecule has 2 amide bonds. The van der Waals surface area contributed by atoms with Gasteiger partial charge < -0.3 is 15.7 Å². The molecule has 25 heavy (non-hydrogen) atoms. The summed E-state index contributed by atoms with van der Waals surface area (Å²) in [6.45, 7) is -1.58. The second kappa shape index (κ2) is 8.05. The summed E-state index contributed by atoms with van der Waals surface area (Å²) in [7, 11) is 0. The summed E-state index contributed by atoms with van der Waals surface area (Å²) in [5.74, 6) is -1.13. The summed E-state index contributed by atoms with van der Waals surface area (Å²) < 4.78 is 76.9. The van der Waals surface area contributed by atoms with Gasteiger partial charge >= 0.3 is 18.6 Å². The van der Waals surface area contributed by atoms with Crippen LogP contribution in [0.4, 0.5) is 31.1 Å². The Morgan fingerprint density at radius 2 is 1.80 bits per heavy atom. The average Bonchev–Trinajstić information content (AvgIpc) is 2.47. The monoisotopic (exact) mass is 374 g/mol. The van der Waals surface area contributed by atoms with E-state index in [0.717, 1.165) is 18.2 Å². The van der Waals surface area contributed by atoms with Gasteiger partial charge in [-0.3, -0.25) is 9.53 Å². The molecule has 1 unspecified atom stereocenters. The maximum Gasteiger partial charge on any atom is 0.522 e. The Bertz CT molecular complexity index is 617. The van der Waals surface area contributed by atoms with Crippen LogP contribution < -0.4 is 10.6 Å². The van der Waals surface area contributed by atoms with Crippen molar-refractivity contribution in [3.05, 3.63) is 35.4 Å². The number of amides is 2. The van der Waals surface area contributed by atoms with E-state index >= 15 is 0 Å². The lowest BCUT2D eigenvalue weighted by atomic mass is 10.0. The maximum absolute atomic E-state index is 12.7. The molecule has 6 nitrogen and oxygen atoms in total. The molecular formula is C13H12F6N2O4. The van der Waals surface area contributed by atoms with Gasteiger partial charge in [-0.05, 0) is 17.7 Å². The minimum Gasteiger partial charge on any atom is -0.465 e. The van der Waals surface area contributed by atoms with Crippen LogP contribution in [0.5, 0.6) is 0 Å². The first-order chi connectivity index (χ1) is 11.4. The molecule has 0 radical (unpaired) electrons. The number of benzene rings is 1. The van der Waals surface area contributed by atoms with Gasteiger partial charge in [0.25, 0.3) is 0 Å². The van der Waals surface area contributed by atoms with Gasteiger partial charge in [0.15, 0.2) is 0 Å². The zero-order chi connectivity index (χ0) is 19.3. The number of halogens is 6. The summed E-state index contributed by atoms with van der Waals surface area (Å²) in [4.78, 5) is 22.7. The number of carbonyl (C=O) groups is 2. The molecule has 0 spiro atoms. The van der Waals surface area contributed by atoms with Crippen molar-refractivity contribution < 1.29 is 45.8 Å². The Hall–Kier alpha value is -2.50. The van der Waals surface area contributed by atoms with Crippen LogP contribution in [-0.2, 0) is 15.7 Å². The van der Waals surface area contributed by atoms with Crippen LogP contribution in [0.3, 0.4) is 0 Å². The zero-order valence-electron chi connectivity index (χ0n) is 12.2. The summed E-state index contributed by atoms with van der Waals surface area (Å²) in [6.07, 6.45) is -11.3. The number of carbonyl (C=O) groups excluding carboxylic acids is 1. The lowest BCUT2D eigenvalue weighted by molar-refractivity contribution is -0.323. The van der Waals surface area contributed by atoms with E-state index in [4.69, 9.17) is 5.11 Å². The lowest BCUT2D eigenvalue weighted by Gasteiger charge is -2.18. The first-order valence-corrected chi connectivity index (χ1v) is 6.55. The highest BCUT2D eigenvalue weighted by Gasteiger charge is 2.32. The van der Waals surface area contributed by atoms with Crippen molar-refractivity contribution in [1.29, 1.82) is 0 Å². The normalized spacial score (nSPS) is 13.2. The van der Waals surface area contributed by atoms with E-state index in [-0.39, 0.29) is 5.56 Å². The van der Waals surface area contributed by atoms with Crippen molar-refractivity contribution in [3.8, 4) is 0 Å². The molecule has 0 aliphatic rings. The molecule has 0 saturated carbocycles. The topological polar surface area (TPSA) is 87.7 Å². The van der Waals surface area contributed by atoms with Crippen LogP contribution in [0.25, 0.3) is 0 Å². The molecule has 1 rings (SSSR count). The summed E-state index contributed by atoms with van der Waals surface area (Å²) >= 11 is 0. The van der Waals surface area contributed by atoms with Crippen LogP contribution in [0, 0.1) is 0 Å². The molecule has 12 heteroatoms. The molecule has 0 bridgehead atoms. The second-order valence-electron chi connectivity index (χ2n) is 4.59. The van der Waals surface area contributed by atoms with Crippen LogP contribution in [0.2, 0.25) is 0 Å². The van der Waals surface area contributed by atoms with E-state index in [1.54, 1.807) is 5.32 Å². The van der Waals surface area contributed by atoms with Crippen molar-refractivity contribution in [1.82, 2.24) is 10.6 Å². The third-order valence-corrected chi connectivity index (χ3v) is 2.74. The van der Waals surface area contributed by atoms with Gasteiger partial charge in [0.05, 0.1) is 12.2 Å². The predicted molar refractivity (Wildman–Crippen MR) is 70.4 cm³/mol. The number of alkyl halides is 6. The quantitative estimate of drug-likeness (QED) is 0.528. The minimum absolute atomic E-state index is 0.327. The van der Waals surface area contributed by atoms with Crippen LogP contribution in [-0.4, -0.2) is 36.6 Å². The highest BCUT2D eigenvalue weighted by molar-refractivity contribution is 5.86. The first-order valence-electron chi connectivity index (χ1n) is 6.55. The Balaban J connectivity index is 2.87. The van der Waals surface area contributed by atoms with E-state index in [1.165, 1.54) is 0 Å². The van der Waals surface area contributed by atoms with Gasteiger partial charge in [-0.25, -0.2) is 4.79 Å². The molecule has 0 fully saturated rings. The highest BCUT2D eigenvalue weighted by atomic mass is 19.4. The highest BCUT2D eigenvalue weighted by Crippen LogP contribution is 2.30. The van der Waals surface area contributed by atoms with E-state index < -0.39 is 49.3 Å². The van der Waals surface area contributed by atoms with Crippen molar-refractivity contribution in [3.63, 3.8) is 0 Å². The number of hydrogen-bond donors (Lipinski definition) is 3. The maximum atomic E-state index is 12.7. The van der Waals surface area contributed by atoms with Crippen molar-refractivity contribution in [2.75, 3.05) is 13.2 Å². The molecule has 3 N–H and O–H groups in total. The van der Waals surface area contributed by atoms with E-state index in [1.807, 2.05) is 5.32 Å². The minimum atomic E-state index is -4.91. The van der Waals surface area contributed by atoms with E-state index in [2.05, 4.69) is 4.74 Å². The smallest absolute Gasteiger partial charge is 0.465 e. The number of carboxylic acid groups (broad SMARTS) is 1. The molecule has 1 aromatic carbocycles. The Kier molecular flexibility index (Phi) is 6.62. The zero-order valence-corrected chi connectivity index (χ0v) is 12.2. The third-order valence-electron chi connectivity index (χ3n) is 2.74. The van der Waals surface area contributed by atoms with Gasteiger partial charge in [-0.15, -0.1) is 13.2 Å². The predicted octanol–water partition coefficient (Wildman–Crippen LogP) is 2.67. The second-order valence-corrected chi connectivity index (χ2v) is 4.59. The van der Waals surface area contributed by atoms with Crippen molar-refractivity contribution in [2.24, 2.45) is 0 Å². The van der Waals surface area contributed by atoms with Crippen LogP contribution in [0.15, 0.2) is 24.3 Å². The van der Waals surface area contributed by atoms with Crippen molar-refractivity contribution >= 4 is 12.0 Å². The molecule has 0 aliphatic carbocycles. The molecule has 0 saturated heterocycles. The largest absolute Gasteiger partial charge is 0.522 e. The Morgan fingerprint density at radius 3 is 2.32 bits per heavy atom. The molecule has 140 valence electrons. The van der Waals surface area contributed by atoms with Gasteiger partial charge in [0, 0.05) is 6.54 Å². The molecule has 0 aliphatic heterocycles. The fraction of sp³-hybridized carbons (Fsp3) is 0.385. The number of nitrogens with one attached hydrogen (secondary N) is 2. The van der Waals surface area contributed by atoms with Gasteiger partial charge in [0.2, 0.25) is 5.91 Å². The standard InChI is InChI=1S/C13H12F6N2O4/c14-12(15,16)8-3-1-2-7(6-8)9(21-11(23)24)10(22)20-4-5-25-13(17,18)19/h1-3,6,9,21H,4-5H2,(H,20,22)(H,23,24). The van der Waals surface area contributed by atoms with Crippen LogP contribution in [0.1, 0.15) is 17.2 Å². The molecule has 1 atom stereocenters. The molecular weight excluding hydrogens is 362 g/mol. The van der Waals surface area contributed by atoms with E-state index in [9.17, 15) is 35.9 Å². The summed E-state index contributed by atoms with van der Waals surface area (Å²) in [5, 5.41) is 12.4. The summed E-state index contributed by atoms with van der Waals surface area (Å²) in [5.41, 5.74) is -1.44. The number of ether oxygens (including phenoxy) is 1. The summed E-state index contributed by atoms with van der Waals surface area (Å²) in [6, 6.07) is 1.57. The molecule has 1 aromatic rings. The fourth-order valence-corrected chi connectivity index (χ4v) is 1.76. The van der Waals surface area contributed by atoms with Gasteiger partial charge in [0.1, 0.15) is 6.04 Å². The fourth-order valence-electron chi connectivity index (χ4n) is 1.76. The molecule has 0 heterocycles. The van der Waals surface area contributed by atoms with Gasteiger partial charge in [-0.1, -0.05) is 12.1 Å². The Labute approximate surface area is 136 Å². The number of rotatable bonds is 6. The first kappa shape index (κ1) is 20.5. The van der Waals surface area contributed by atoms with E-state index in [0.29, 0.717) is 6.07 Å². The van der Waals surface area contributed by atoms with Crippen LogP contribution >= 0.6 is 0 Å². The number of hydrogen-bond acceptors (Lipinski definition) is 3. The Morgan fingerprint density at radius 1 is 1.16 bits per heavy atom. The van der Waals surface area contributed by atoms with Gasteiger partial charge in [-0.2, -0.15) is 13.2 Å². The molecule has 0 aromatic heterocycles. The lowest BCUT2D eigenvalue weighted by Crippen LogP contribution is -2.41.